The summed E-state index contributed by atoms with van der Waals surface area (Å²) in [6.45, 7) is 3.96. The Balaban J connectivity index is 2.15. The van der Waals surface area contributed by atoms with E-state index in [-0.39, 0.29) is 23.1 Å². The molecule has 0 aliphatic heterocycles. The number of hydrogen-bond donors (Lipinski definition) is 2. The third-order valence-corrected chi connectivity index (χ3v) is 3.60. The van der Waals surface area contributed by atoms with Crippen molar-refractivity contribution in [1.82, 2.24) is 9.38 Å². The highest BCUT2D eigenvalue weighted by Crippen LogP contribution is 2.34. The topological polar surface area (TPSA) is 82.5 Å². The van der Waals surface area contributed by atoms with Gasteiger partial charge in [-0.2, -0.15) is 0 Å². The van der Waals surface area contributed by atoms with Crippen LogP contribution < -0.4 is 0 Å². The number of halogens is 1. The maximum absolute atomic E-state index is 9.94. The second kappa shape index (κ2) is 5.89. The molecule has 0 aliphatic carbocycles. The lowest BCUT2D eigenvalue weighted by Gasteiger charge is -2.02. The predicted octanol–water partition coefficient (Wildman–Crippen LogP) is 4.94. The van der Waals surface area contributed by atoms with Crippen LogP contribution in [0.25, 0.3) is 5.65 Å². The fraction of sp³-hybridized carbons (Fsp3) is 0.188. The molecule has 0 spiro atoms. The fourth-order valence-electron chi connectivity index (χ4n) is 2.22. The molecule has 7 heteroatoms. The Morgan fingerprint density at radius 2 is 1.91 bits per heavy atom. The zero-order valence-electron chi connectivity index (χ0n) is 12.6. The van der Waals surface area contributed by atoms with Gasteiger partial charge in [0.2, 0.25) is 0 Å². The molecule has 0 radical (unpaired) electrons. The lowest BCUT2D eigenvalue weighted by molar-refractivity contribution is 0.476. The summed E-state index contributed by atoms with van der Waals surface area (Å²) >= 11 is 5.91. The molecular weight excluding hydrogens is 316 g/mol. The van der Waals surface area contributed by atoms with E-state index in [9.17, 15) is 10.2 Å². The van der Waals surface area contributed by atoms with E-state index in [0.717, 1.165) is 0 Å². The van der Waals surface area contributed by atoms with E-state index in [4.69, 9.17) is 11.6 Å². The molecule has 0 fully saturated rings. The summed E-state index contributed by atoms with van der Waals surface area (Å²) in [5.41, 5.74) is 1.39. The summed E-state index contributed by atoms with van der Waals surface area (Å²) in [5.74, 6) is 0.656. The van der Waals surface area contributed by atoms with Gasteiger partial charge in [0.25, 0.3) is 0 Å². The third-order valence-electron chi connectivity index (χ3n) is 3.37. The van der Waals surface area contributed by atoms with Gasteiger partial charge in [0.15, 0.2) is 17.2 Å². The van der Waals surface area contributed by atoms with Crippen molar-refractivity contribution in [2.24, 2.45) is 10.2 Å². The molecule has 2 heterocycles. The summed E-state index contributed by atoms with van der Waals surface area (Å²) in [4.78, 5) is 4.43. The van der Waals surface area contributed by atoms with Gasteiger partial charge in [-0.3, -0.25) is 4.40 Å². The van der Waals surface area contributed by atoms with Crippen molar-refractivity contribution in [2.75, 3.05) is 0 Å². The smallest absolute Gasteiger partial charge is 0.183 e. The quantitative estimate of drug-likeness (QED) is 0.667. The van der Waals surface area contributed by atoms with Crippen molar-refractivity contribution < 1.29 is 10.2 Å². The average molecular weight is 331 g/mol. The van der Waals surface area contributed by atoms with Gasteiger partial charge in [-0.15, -0.1) is 10.2 Å². The van der Waals surface area contributed by atoms with Crippen LogP contribution in [0.2, 0.25) is 5.02 Å². The molecule has 3 rings (SSSR count). The minimum Gasteiger partial charge on any atom is -0.506 e. The fourth-order valence-corrected chi connectivity index (χ4v) is 2.39. The molecular formula is C16H15ClN4O2. The number of azo groups is 1. The number of phenolic OH excluding ortho intramolecular Hbond substituents is 1. The van der Waals surface area contributed by atoms with E-state index >= 15 is 0 Å². The minimum absolute atomic E-state index is 0.0130. The van der Waals surface area contributed by atoms with Crippen LogP contribution in [0.5, 0.6) is 11.5 Å². The van der Waals surface area contributed by atoms with E-state index in [1.165, 1.54) is 12.1 Å². The highest BCUT2D eigenvalue weighted by Gasteiger charge is 2.17. The van der Waals surface area contributed by atoms with Gasteiger partial charge in [-0.05, 0) is 36.2 Å². The summed E-state index contributed by atoms with van der Waals surface area (Å²) in [6.07, 6.45) is 1.75. The van der Waals surface area contributed by atoms with Gasteiger partial charge in [0, 0.05) is 11.2 Å². The van der Waals surface area contributed by atoms with E-state index in [1.54, 1.807) is 28.8 Å². The average Bonchev–Trinajstić information content (AvgIpc) is 2.89. The lowest BCUT2D eigenvalue weighted by atomic mass is 10.1. The second-order valence-corrected chi connectivity index (χ2v) is 5.83. The van der Waals surface area contributed by atoms with Crippen LogP contribution in [0.4, 0.5) is 11.5 Å². The number of nitrogens with zero attached hydrogens (tertiary/aromatic N) is 4. The molecule has 0 atom stereocenters. The van der Waals surface area contributed by atoms with Gasteiger partial charge in [0.05, 0.1) is 5.69 Å². The van der Waals surface area contributed by atoms with Crippen LogP contribution in [-0.4, -0.2) is 19.6 Å². The zero-order valence-corrected chi connectivity index (χ0v) is 13.4. The molecule has 2 aromatic heterocycles. The molecule has 0 saturated carbocycles. The Morgan fingerprint density at radius 1 is 1.13 bits per heavy atom. The number of rotatable bonds is 3. The Labute approximate surface area is 137 Å². The van der Waals surface area contributed by atoms with Crippen LogP contribution in [0, 0.1) is 0 Å². The van der Waals surface area contributed by atoms with Crippen molar-refractivity contribution >= 4 is 28.8 Å². The largest absolute Gasteiger partial charge is 0.506 e. The molecule has 3 aromatic rings. The van der Waals surface area contributed by atoms with Crippen molar-refractivity contribution in [3.8, 4) is 11.5 Å². The molecule has 0 saturated heterocycles. The number of hydrogen-bond acceptors (Lipinski definition) is 5. The van der Waals surface area contributed by atoms with Gasteiger partial charge in [0.1, 0.15) is 11.4 Å². The first-order valence-corrected chi connectivity index (χ1v) is 7.45. The first kappa shape index (κ1) is 15.3. The summed E-state index contributed by atoms with van der Waals surface area (Å²) < 4.78 is 1.66. The SMILES string of the molecule is CC(C)c1nc2c(O)cccn2c1N=Nc1cc(Cl)ccc1O. The molecule has 0 bridgehead atoms. The van der Waals surface area contributed by atoms with Gasteiger partial charge in [-0.1, -0.05) is 25.4 Å². The van der Waals surface area contributed by atoms with E-state index in [2.05, 4.69) is 15.2 Å². The maximum Gasteiger partial charge on any atom is 0.183 e. The number of benzene rings is 1. The second-order valence-electron chi connectivity index (χ2n) is 5.40. The van der Waals surface area contributed by atoms with Crippen LogP contribution in [0.3, 0.4) is 0 Å². The number of fused-ring (bicyclic) bond motifs is 1. The number of aromatic nitrogens is 2. The molecule has 118 valence electrons. The van der Waals surface area contributed by atoms with E-state index in [1.807, 2.05) is 13.8 Å². The highest BCUT2D eigenvalue weighted by atomic mass is 35.5. The number of aromatic hydroxyl groups is 2. The number of phenols is 1. The standard InChI is InChI=1S/C16H15ClN4O2/c1-9(2)14-16(21-7-3-4-13(23)15(21)18-14)20-19-11-8-10(17)5-6-12(11)22/h3-9,22-23H,1-2H3. The number of imidazole rings is 1. The molecule has 2 N–H and O–H groups in total. The highest BCUT2D eigenvalue weighted by molar-refractivity contribution is 6.30. The van der Waals surface area contributed by atoms with Crippen LogP contribution in [-0.2, 0) is 0 Å². The van der Waals surface area contributed by atoms with Gasteiger partial charge >= 0.3 is 0 Å². The summed E-state index contributed by atoms with van der Waals surface area (Å²) in [6, 6.07) is 7.82. The maximum atomic E-state index is 9.94. The van der Waals surface area contributed by atoms with Crippen LogP contribution in [0.15, 0.2) is 46.8 Å². The number of pyridine rings is 1. The molecule has 0 unspecified atom stereocenters. The normalized spacial score (nSPS) is 11.8. The zero-order chi connectivity index (χ0) is 16.6. The molecule has 0 amide bonds. The van der Waals surface area contributed by atoms with Gasteiger partial charge < -0.3 is 10.2 Å². The van der Waals surface area contributed by atoms with Crippen molar-refractivity contribution in [2.45, 2.75) is 19.8 Å². The molecule has 6 nitrogen and oxygen atoms in total. The first-order valence-electron chi connectivity index (χ1n) is 7.07. The Bertz CT molecular complexity index is 902. The predicted molar refractivity (Wildman–Crippen MR) is 88.2 cm³/mol. The molecule has 0 aliphatic rings. The molecule has 23 heavy (non-hydrogen) atoms. The summed E-state index contributed by atoms with van der Waals surface area (Å²) in [5, 5.41) is 28.5. The monoisotopic (exact) mass is 330 g/mol. The summed E-state index contributed by atoms with van der Waals surface area (Å²) in [7, 11) is 0. The van der Waals surface area contributed by atoms with Crippen LogP contribution in [0.1, 0.15) is 25.5 Å². The lowest BCUT2D eigenvalue weighted by Crippen LogP contribution is -1.87. The van der Waals surface area contributed by atoms with Crippen molar-refractivity contribution in [1.29, 1.82) is 0 Å². The third kappa shape index (κ3) is 2.85. The Kier molecular flexibility index (Phi) is 3.92. The van der Waals surface area contributed by atoms with Crippen molar-refractivity contribution in [3.63, 3.8) is 0 Å². The Morgan fingerprint density at radius 3 is 2.65 bits per heavy atom. The van der Waals surface area contributed by atoms with Crippen LogP contribution >= 0.6 is 11.6 Å². The Hall–Kier alpha value is -2.60. The van der Waals surface area contributed by atoms with Gasteiger partial charge in [-0.25, -0.2) is 4.98 Å². The first-order chi connectivity index (χ1) is 11.0. The van der Waals surface area contributed by atoms with Crippen molar-refractivity contribution in [3.05, 3.63) is 47.2 Å². The van der Waals surface area contributed by atoms with E-state index < -0.39 is 0 Å². The minimum atomic E-state index is -0.0130. The molecule has 1 aromatic carbocycles. The van der Waals surface area contributed by atoms with E-state index in [0.29, 0.717) is 22.2 Å².